The molecule has 2 aliphatic heterocycles. The number of aryl methyl sites for hydroxylation is 2. The quantitative estimate of drug-likeness (QED) is 0.387. The molecular formula is C34H37FN2O5S. The molecule has 2 amide bonds. The minimum absolute atomic E-state index is 0.0105. The van der Waals surface area contributed by atoms with Crippen LogP contribution in [0.1, 0.15) is 54.9 Å². The number of likely N-dealkylation sites (tertiary alicyclic amines) is 2. The second kappa shape index (κ2) is 11.4. The van der Waals surface area contributed by atoms with Crippen LogP contribution in [0.4, 0.5) is 4.39 Å². The van der Waals surface area contributed by atoms with E-state index in [4.69, 9.17) is 4.74 Å². The Balaban J connectivity index is 1.34. The first-order chi connectivity index (χ1) is 20.6. The molecule has 1 aliphatic carbocycles. The van der Waals surface area contributed by atoms with Crippen molar-refractivity contribution in [3.05, 3.63) is 94.8 Å². The number of piperidine rings is 1. The Labute approximate surface area is 252 Å². The molecule has 2 heterocycles. The van der Waals surface area contributed by atoms with Gasteiger partial charge in [0.2, 0.25) is 11.8 Å². The molecule has 0 bridgehead atoms. The molecule has 2 fully saturated rings. The van der Waals surface area contributed by atoms with E-state index in [1.807, 2.05) is 30.0 Å². The molecule has 0 aromatic heterocycles. The summed E-state index contributed by atoms with van der Waals surface area (Å²) in [5.41, 5.74) is 2.88. The van der Waals surface area contributed by atoms with Gasteiger partial charge >= 0.3 is 0 Å². The lowest BCUT2D eigenvalue weighted by molar-refractivity contribution is -0.141. The lowest BCUT2D eigenvalue weighted by atomic mass is 9.78. The molecule has 0 N–H and O–H groups in total. The van der Waals surface area contributed by atoms with Crippen molar-refractivity contribution in [1.82, 2.24) is 9.80 Å². The van der Waals surface area contributed by atoms with E-state index in [1.165, 1.54) is 6.07 Å². The van der Waals surface area contributed by atoms with E-state index < -0.39 is 20.6 Å². The Morgan fingerprint density at radius 3 is 2.42 bits per heavy atom. The topological polar surface area (TPSA) is 84.0 Å². The van der Waals surface area contributed by atoms with Crippen molar-refractivity contribution in [3.63, 3.8) is 0 Å². The highest BCUT2D eigenvalue weighted by molar-refractivity contribution is 7.92. The Bertz CT molecular complexity index is 1630. The highest BCUT2D eigenvalue weighted by Crippen LogP contribution is 2.53. The average Bonchev–Trinajstić information content (AvgIpc) is 3.42. The molecule has 3 aliphatic rings. The van der Waals surface area contributed by atoms with Gasteiger partial charge in [0.15, 0.2) is 9.84 Å². The molecule has 43 heavy (non-hydrogen) atoms. The van der Waals surface area contributed by atoms with E-state index in [1.54, 1.807) is 54.3 Å². The SMILES string of the molecule is CC(=O)N1CCC(C(=O)N2CC[C@@]3(S(=O)(=O)c4ccccc4)c4ccc(OCc5c(C)cccc5F)cc4CC[C@@H]23)CC1. The predicted molar refractivity (Wildman–Crippen MR) is 161 cm³/mol. The zero-order valence-electron chi connectivity index (χ0n) is 24.6. The highest BCUT2D eigenvalue weighted by Gasteiger charge is 2.61. The van der Waals surface area contributed by atoms with Gasteiger partial charge in [0.1, 0.15) is 22.9 Å². The van der Waals surface area contributed by atoms with Crippen molar-refractivity contribution in [1.29, 1.82) is 0 Å². The summed E-state index contributed by atoms with van der Waals surface area (Å²) in [5.74, 6) is -0.00480. The molecule has 0 spiro atoms. The second-order valence-electron chi connectivity index (χ2n) is 12.0. The third kappa shape index (κ3) is 5.01. The van der Waals surface area contributed by atoms with Gasteiger partial charge in [-0.2, -0.15) is 0 Å². The third-order valence-electron chi connectivity index (χ3n) is 9.70. The molecule has 0 unspecified atom stereocenters. The zero-order valence-corrected chi connectivity index (χ0v) is 25.4. The van der Waals surface area contributed by atoms with Crippen LogP contribution in [-0.4, -0.2) is 55.7 Å². The zero-order chi connectivity index (χ0) is 30.4. The number of sulfone groups is 1. The monoisotopic (exact) mass is 604 g/mol. The van der Waals surface area contributed by atoms with E-state index in [-0.39, 0.29) is 35.1 Å². The molecule has 2 saturated heterocycles. The lowest BCUT2D eigenvalue weighted by Crippen LogP contribution is -2.53. The molecule has 3 aromatic rings. The van der Waals surface area contributed by atoms with Gasteiger partial charge in [-0.15, -0.1) is 0 Å². The van der Waals surface area contributed by atoms with Gasteiger partial charge in [-0.3, -0.25) is 9.59 Å². The van der Waals surface area contributed by atoms with Crippen molar-refractivity contribution in [3.8, 4) is 5.75 Å². The Hall–Kier alpha value is -3.72. The molecule has 7 nitrogen and oxygen atoms in total. The molecule has 9 heteroatoms. The Morgan fingerprint density at radius 1 is 0.977 bits per heavy atom. The Morgan fingerprint density at radius 2 is 1.72 bits per heavy atom. The van der Waals surface area contributed by atoms with Gasteiger partial charge in [-0.05, 0) is 86.1 Å². The highest BCUT2D eigenvalue weighted by atomic mass is 32.2. The standard InChI is InChI=1S/C34H37FN2O5S/c1-23-7-6-10-31(35)29(23)22-42-27-12-13-30-26(21-27)11-14-32-34(30,43(40,41)28-8-4-3-5-9-28)17-20-37(32)33(39)25-15-18-36(19-16-25)24(2)38/h3-10,12-13,21,25,32H,11,14-20,22H2,1-2H3/t32-,34-/m1/s1. The number of hydrogen-bond acceptors (Lipinski definition) is 5. The fourth-order valence-corrected chi connectivity index (χ4v) is 9.74. The predicted octanol–water partition coefficient (Wildman–Crippen LogP) is 5.19. The van der Waals surface area contributed by atoms with Crippen molar-refractivity contribution in [2.45, 2.75) is 68.2 Å². The fraction of sp³-hybridized carbons (Fsp3) is 0.412. The van der Waals surface area contributed by atoms with Crippen molar-refractivity contribution < 1.29 is 27.1 Å². The summed E-state index contributed by atoms with van der Waals surface area (Å²) >= 11 is 0. The van der Waals surface area contributed by atoms with E-state index in [0.29, 0.717) is 68.6 Å². The van der Waals surface area contributed by atoms with Crippen LogP contribution in [0.15, 0.2) is 71.6 Å². The van der Waals surface area contributed by atoms with Gasteiger partial charge in [-0.1, -0.05) is 36.4 Å². The number of carbonyl (C=O) groups excluding carboxylic acids is 2. The summed E-state index contributed by atoms with van der Waals surface area (Å²) < 4.78 is 48.4. The summed E-state index contributed by atoms with van der Waals surface area (Å²) in [6.07, 6.45) is 2.56. The van der Waals surface area contributed by atoms with Crippen LogP contribution < -0.4 is 4.74 Å². The molecule has 3 aromatic carbocycles. The van der Waals surface area contributed by atoms with Crippen LogP contribution in [0.2, 0.25) is 0 Å². The van der Waals surface area contributed by atoms with Crippen LogP contribution >= 0.6 is 0 Å². The number of amides is 2. The summed E-state index contributed by atoms with van der Waals surface area (Å²) in [4.78, 5) is 29.6. The number of fused-ring (bicyclic) bond motifs is 3. The van der Waals surface area contributed by atoms with Crippen molar-refractivity contribution in [2.24, 2.45) is 5.92 Å². The summed E-state index contributed by atoms with van der Waals surface area (Å²) in [5, 5.41) is 0. The largest absolute Gasteiger partial charge is 0.489 e. The van der Waals surface area contributed by atoms with Gasteiger partial charge < -0.3 is 14.5 Å². The maximum absolute atomic E-state index is 14.6. The molecule has 0 saturated carbocycles. The number of rotatable bonds is 6. The first-order valence-electron chi connectivity index (χ1n) is 15.0. The van der Waals surface area contributed by atoms with Crippen molar-refractivity contribution in [2.75, 3.05) is 19.6 Å². The maximum Gasteiger partial charge on any atom is 0.226 e. The van der Waals surface area contributed by atoms with Gasteiger partial charge in [0.05, 0.1) is 10.9 Å². The number of carbonyl (C=O) groups is 2. The first kappa shape index (κ1) is 29.4. The van der Waals surface area contributed by atoms with E-state index in [0.717, 1.165) is 11.1 Å². The molecule has 226 valence electrons. The number of nitrogens with zero attached hydrogens (tertiary/aromatic N) is 2. The van der Waals surface area contributed by atoms with E-state index in [2.05, 4.69) is 0 Å². The number of ether oxygens (including phenoxy) is 1. The minimum Gasteiger partial charge on any atom is -0.489 e. The molecule has 6 rings (SSSR count). The number of hydrogen-bond donors (Lipinski definition) is 0. The molecule has 2 atom stereocenters. The maximum atomic E-state index is 14.6. The fourth-order valence-electron chi connectivity index (χ4n) is 7.35. The van der Waals surface area contributed by atoms with Gasteiger partial charge in [0.25, 0.3) is 0 Å². The lowest BCUT2D eigenvalue weighted by Gasteiger charge is -2.43. The second-order valence-corrected chi connectivity index (χ2v) is 14.2. The van der Waals surface area contributed by atoms with Crippen LogP contribution in [-0.2, 0) is 37.2 Å². The number of benzene rings is 3. The minimum atomic E-state index is -3.91. The van der Waals surface area contributed by atoms with Gasteiger partial charge in [-0.25, -0.2) is 12.8 Å². The summed E-state index contributed by atoms with van der Waals surface area (Å²) in [6.45, 7) is 4.88. The Kier molecular flexibility index (Phi) is 7.79. The van der Waals surface area contributed by atoms with Crippen LogP contribution in [0.5, 0.6) is 5.75 Å². The van der Waals surface area contributed by atoms with E-state index in [9.17, 15) is 22.4 Å². The first-order valence-corrected chi connectivity index (χ1v) is 16.5. The summed E-state index contributed by atoms with van der Waals surface area (Å²) in [7, 11) is -3.91. The summed E-state index contributed by atoms with van der Waals surface area (Å²) in [6, 6.07) is 18.4. The van der Waals surface area contributed by atoms with Crippen molar-refractivity contribution >= 4 is 21.7 Å². The van der Waals surface area contributed by atoms with Crippen LogP contribution in [0.25, 0.3) is 0 Å². The molecule has 0 radical (unpaired) electrons. The smallest absolute Gasteiger partial charge is 0.226 e. The third-order valence-corrected chi connectivity index (χ3v) is 12.2. The van der Waals surface area contributed by atoms with Gasteiger partial charge in [0, 0.05) is 38.0 Å². The normalized spacial score (nSPS) is 22.2. The average molecular weight is 605 g/mol. The molecular weight excluding hydrogens is 567 g/mol. The van der Waals surface area contributed by atoms with E-state index >= 15 is 0 Å². The van der Waals surface area contributed by atoms with Crippen LogP contribution in [0.3, 0.4) is 0 Å². The van der Waals surface area contributed by atoms with Crippen LogP contribution in [0, 0.1) is 18.7 Å². The number of halogens is 1.